The summed E-state index contributed by atoms with van der Waals surface area (Å²) in [6, 6.07) is 7.60. The predicted molar refractivity (Wildman–Crippen MR) is 109 cm³/mol. The molecule has 7 nitrogen and oxygen atoms in total. The summed E-state index contributed by atoms with van der Waals surface area (Å²) in [6.45, 7) is 9.79. The Bertz CT molecular complexity index is 559. The molecule has 0 aliphatic rings. The van der Waals surface area contributed by atoms with E-state index in [-0.39, 0.29) is 12.5 Å². The van der Waals surface area contributed by atoms with E-state index in [1.54, 1.807) is 7.11 Å². The number of carbonyl (C=O) groups is 1. The first-order valence-corrected chi connectivity index (χ1v) is 9.54. The van der Waals surface area contributed by atoms with Crippen molar-refractivity contribution in [3.63, 3.8) is 0 Å². The minimum atomic E-state index is -0.122. The molecule has 152 valence electrons. The van der Waals surface area contributed by atoms with Gasteiger partial charge in [0.25, 0.3) is 0 Å². The van der Waals surface area contributed by atoms with Crippen LogP contribution in [0.5, 0.6) is 5.75 Å². The van der Waals surface area contributed by atoms with Crippen LogP contribution in [0.2, 0.25) is 0 Å². The second kappa shape index (κ2) is 13.9. The van der Waals surface area contributed by atoms with Crippen molar-refractivity contribution in [2.24, 2.45) is 10.9 Å². The topological polar surface area (TPSA) is 84.0 Å². The average Bonchev–Trinajstić information content (AvgIpc) is 2.67. The van der Waals surface area contributed by atoms with Gasteiger partial charge in [-0.1, -0.05) is 26.0 Å². The van der Waals surface area contributed by atoms with Crippen molar-refractivity contribution in [1.82, 2.24) is 16.0 Å². The number of ether oxygens (including phenoxy) is 2. The number of nitrogens with zero attached hydrogens (tertiary/aromatic N) is 1. The van der Waals surface area contributed by atoms with Gasteiger partial charge in [0, 0.05) is 32.8 Å². The minimum Gasteiger partial charge on any atom is -0.497 e. The van der Waals surface area contributed by atoms with E-state index in [9.17, 15) is 4.79 Å². The van der Waals surface area contributed by atoms with Crippen molar-refractivity contribution in [2.75, 3.05) is 40.0 Å². The van der Waals surface area contributed by atoms with E-state index in [2.05, 4.69) is 34.8 Å². The number of carbonyl (C=O) groups excluding carboxylic acids is 1. The summed E-state index contributed by atoms with van der Waals surface area (Å²) in [5.41, 5.74) is 1.01. The van der Waals surface area contributed by atoms with Crippen molar-refractivity contribution in [3.8, 4) is 5.75 Å². The lowest BCUT2D eigenvalue weighted by Crippen LogP contribution is -2.39. The Balaban J connectivity index is 2.29. The summed E-state index contributed by atoms with van der Waals surface area (Å²) >= 11 is 0. The van der Waals surface area contributed by atoms with E-state index >= 15 is 0 Å². The van der Waals surface area contributed by atoms with Crippen LogP contribution >= 0.6 is 0 Å². The van der Waals surface area contributed by atoms with Crippen LogP contribution in [0, 0.1) is 5.92 Å². The molecule has 1 rings (SSSR count). The monoisotopic (exact) mass is 378 g/mol. The second-order valence-corrected chi connectivity index (χ2v) is 6.57. The first kappa shape index (κ1) is 22.8. The molecule has 0 saturated carbocycles. The van der Waals surface area contributed by atoms with Crippen LogP contribution in [0.1, 0.15) is 32.8 Å². The molecular formula is C20H34N4O3. The molecule has 0 unspecified atom stereocenters. The molecule has 0 bridgehead atoms. The number of rotatable bonds is 12. The SMILES string of the molecule is CCNC(=NCC(=O)NCc1ccc(OC)cc1)NCCCOCC(C)C. The van der Waals surface area contributed by atoms with Crippen molar-refractivity contribution in [3.05, 3.63) is 29.8 Å². The Kier molecular flexibility index (Phi) is 11.7. The predicted octanol–water partition coefficient (Wildman–Crippen LogP) is 1.93. The highest BCUT2D eigenvalue weighted by Gasteiger charge is 2.03. The lowest BCUT2D eigenvalue weighted by Gasteiger charge is -2.12. The Morgan fingerprint density at radius 3 is 2.52 bits per heavy atom. The van der Waals surface area contributed by atoms with Crippen molar-refractivity contribution >= 4 is 11.9 Å². The van der Waals surface area contributed by atoms with E-state index in [0.717, 1.165) is 37.4 Å². The fourth-order valence-electron chi connectivity index (χ4n) is 2.19. The molecular weight excluding hydrogens is 344 g/mol. The molecule has 0 fully saturated rings. The van der Waals surface area contributed by atoms with Gasteiger partial charge in [-0.05, 0) is 37.0 Å². The summed E-state index contributed by atoms with van der Waals surface area (Å²) in [6.07, 6.45) is 0.890. The van der Waals surface area contributed by atoms with Crippen LogP contribution in [0.3, 0.4) is 0 Å². The molecule has 0 aromatic heterocycles. The van der Waals surface area contributed by atoms with Gasteiger partial charge in [0.1, 0.15) is 12.3 Å². The fraction of sp³-hybridized carbons (Fsp3) is 0.600. The van der Waals surface area contributed by atoms with Gasteiger partial charge in [-0.2, -0.15) is 0 Å². The van der Waals surface area contributed by atoms with Gasteiger partial charge >= 0.3 is 0 Å². The molecule has 27 heavy (non-hydrogen) atoms. The molecule has 1 aromatic rings. The molecule has 0 aliphatic heterocycles. The van der Waals surface area contributed by atoms with Gasteiger partial charge in [0.15, 0.2) is 5.96 Å². The number of aliphatic imine (C=N–C) groups is 1. The Labute approximate surface area is 162 Å². The zero-order valence-electron chi connectivity index (χ0n) is 17.0. The van der Waals surface area contributed by atoms with E-state index in [1.165, 1.54) is 0 Å². The van der Waals surface area contributed by atoms with E-state index in [0.29, 0.717) is 25.0 Å². The van der Waals surface area contributed by atoms with Gasteiger partial charge in [-0.25, -0.2) is 4.99 Å². The third kappa shape index (κ3) is 11.1. The Morgan fingerprint density at radius 1 is 1.15 bits per heavy atom. The molecule has 7 heteroatoms. The number of benzene rings is 1. The van der Waals surface area contributed by atoms with Gasteiger partial charge in [-0.15, -0.1) is 0 Å². The normalized spacial score (nSPS) is 11.4. The van der Waals surface area contributed by atoms with Crippen LogP contribution in [-0.2, 0) is 16.1 Å². The van der Waals surface area contributed by atoms with Crippen LogP contribution in [0.25, 0.3) is 0 Å². The first-order valence-electron chi connectivity index (χ1n) is 9.54. The third-order valence-corrected chi connectivity index (χ3v) is 3.58. The summed E-state index contributed by atoms with van der Waals surface area (Å²) in [4.78, 5) is 16.3. The van der Waals surface area contributed by atoms with E-state index in [1.807, 2.05) is 31.2 Å². The van der Waals surface area contributed by atoms with Crippen molar-refractivity contribution in [1.29, 1.82) is 0 Å². The molecule has 0 saturated heterocycles. The number of hydrogen-bond donors (Lipinski definition) is 3. The average molecular weight is 379 g/mol. The third-order valence-electron chi connectivity index (χ3n) is 3.58. The summed E-state index contributed by atoms with van der Waals surface area (Å²) in [7, 11) is 1.63. The minimum absolute atomic E-state index is 0.0787. The van der Waals surface area contributed by atoms with Gasteiger partial charge in [-0.3, -0.25) is 4.79 Å². The number of guanidine groups is 1. The highest BCUT2D eigenvalue weighted by molar-refractivity contribution is 5.84. The number of methoxy groups -OCH3 is 1. The molecule has 1 amide bonds. The van der Waals surface area contributed by atoms with E-state index < -0.39 is 0 Å². The largest absolute Gasteiger partial charge is 0.497 e. The standard InChI is InChI=1S/C20H34N4O3/c1-5-21-20(22-11-6-12-27-15-16(2)3)24-14-19(25)23-13-17-7-9-18(26-4)10-8-17/h7-10,16H,5-6,11-15H2,1-4H3,(H,23,25)(H2,21,22,24). The highest BCUT2D eigenvalue weighted by Crippen LogP contribution is 2.10. The molecule has 0 atom stereocenters. The maximum absolute atomic E-state index is 12.0. The van der Waals surface area contributed by atoms with E-state index in [4.69, 9.17) is 9.47 Å². The van der Waals surface area contributed by atoms with Gasteiger partial charge in [0.05, 0.1) is 7.11 Å². The zero-order valence-corrected chi connectivity index (χ0v) is 17.0. The summed E-state index contributed by atoms with van der Waals surface area (Å²) in [5.74, 6) is 1.86. The Hall–Kier alpha value is -2.28. The molecule has 1 aromatic carbocycles. The molecule has 0 heterocycles. The highest BCUT2D eigenvalue weighted by atomic mass is 16.5. The first-order chi connectivity index (χ1) is 13.0. The molecule has 0 radical (unpaired) electrons. The summed E-state index contributed by atoms with van der Waals surface area (Å²) in [5, 5.41) is 9.22. The quantitative estimate of drug-likeness (QED) is 0.294. The van der Waals surface area contributed by atoms with Crippen LogP contribution in [0.15, 0.2) is 29.3 Å². The van der Waals surface area contributed by atoms with Crippen molar-refractivity contribution in [2.45, 2.75) is 33.7 Å². The maximum Gasteiger partial charge on any atom is 0.242 e. The second-order valence-electron chi connectivity index (χ2n) is 6.57. The lowest BCUT2D eigenvalue weighted by atomic mass is 10.2. The van der Waals surface area contributed by atoms with Crippen LogP contribution in [0.4, 0.5) is 0 Å². The van der Waals surface area contributed by atoms with Gasteiger partial charge in [0.2, 0.25) is 5.91 Å². The summed E-state index contributed by atoms with van der Waals surface area (Å²) < 4.78 is 10.7. The van der Waals surface area contributed by atoms with Gasteiger partial charge < -0.3 is 25.4 Å². The smallest absolute Gasteiger partial charge is 0.242 e. The zero-order chi connectivity index (χ0) is 19.9. The molecule has 0 spiro atoms. The molecule has 0 aliphatic carbocycles. The maximum atomic E-state index is 12.0. The molecule has 3 N–H and O–H groups in total. The Morgan fingerprint density at radius 2 is 1.89 bits per heavy atom. The number of amides is 1. The fourth-order valence-corrected chi connectivity index (χ4v) is 2.19. The number of hydrogen-bond acceptors (Lipinski definition) is 4. The van der Waals surface area contributed by atoms with Crippen molar-refractivity contribution < 1.29 is 14.3 Å². The lowest BCUT2D eigenvalue weighted by molar-refractivity contribution is -0.119. The van der Waals surface area contributed by atoms with Crippen LogP contribution in [-0.4, -0.2) is 51.8 Å². The van der Waals surface area contributed by atoms with Crippen LogP contribution < -0.4 is 20.7 Å². The number of nitrogens with one attached hydrogen (secondary N) is 3.